The number of ether oxygens (including phenoxy) is 2. The van der Waals surface area contributed by atoms with Crippen molar-refractivity contribution in [2.45, 2.75) is 64.8 Å². The van der Waals surface area contributed by atoms with E-state index in [1.54, 1.807) is 19.1 Å². The minimum absolute atomic E-state index is 0.0821. The van der Waals surface area contributed by atoms with Gasteiger partial charge in [-0.2, -0.15) is 0 Å². The summed E-state index contributed by atoms with van der Waals surface area (Å²) in [6.45, 7) is 8.15. The first-order chi connectivity index (χ1) is 15.6. The van der Waals surface area contributed by atoms with Gasteiger partial charge in [0.1, 0.15) is 5.69 Å². The Morgan fingerprint density at radius 3 is 2.39 bits per heavy atom. The maximum absolute atomic E-state index is 13.2. The topological polar surface area (TPSA) is 77.6 Å². The number of aromatic nitrogens is 1. The number of rotatable bonds is 8. The molecule has 182 valence electrons. The lowest BCUT2D eigenvalue weighted by Gasteiger charge is -2.37. The summed E-state index contributed by atoms with van der Waals surface area (Å²) < 4.78 is 17.3. The number of halogens is 2. The van der Waals surface area contributed by atoms with Crippen LogP contribution in [0.25, 0.3) is 10.9 Å². The molecule has 1 aromatic heterocycles. The molecule has 0 aliphatic heterocycles. The van der Waals surface area contributed by atoms with Gasteiger partial charge in [-0.3, -0.25) is 4.79 Å². The lowest BCUT2D eigenvalue weighted by Crippen LogP contribution is -2.39. The summed E-state index contributed by atoms with van der Waals surface area (Å²) in [5, 5.41) is 1.45. The van der Waals surface area contributed by atoms with Crippen molar-refractivity contribution in [3.05, 3.63) is 33.4 Å². The SMILES string of the molecule is CCOC(=O)c1[nH]c2cc(Cl)cc(Cl)c2c1C(O[Si](C)(C)C)C(C(=O)OC)C1CCCCC1. The summed E-state index contributed by atoms with van der Waals surface area (Å²) in [5.41, 5.74) is 1.39. The van der Waals surface area contributed by atoms with Crippen LogP contribution in [0.1, 0.15) is 61.2 Å². The number of hydrogen-bond donors (Lipinski definition) is 1. The quantitative estimate of drug-likeness (QED) is 0.306. The second-order valence-electron chi connectivity index (χ2n) is 9.54. The number of benzene rings is 1. The summed E-state index contributed by atoms with van der Waals surface area (Å²) in [7, 11) is -0.795. The van der Waals surface area contributed by atoms with Gasteiger partial charge in [-0.25, -0.2) is 4.79 Å². The number of carbonyl (C=O) groups is 2. The Hall–Kier alpha value is -1.54. The Labute approximate surface area is 206 Å². The maximum Gasteiger partial charge on any atom is 0.355 e. The first-order valence-electron chi connectivity index (χ1n) is 11.5. The van der Waals surface area contributed by atoms with Crippen LogP contribution < -0.4 is 0 Å². The number of aromatic amines is 1. The predicted octanol–water partition coefficient (Wildman–Crippen LogP) is 6.91. The first-order valence-corrected chi connectivity index (χ1v) is 15.7. The van der Waals surface area contributed by atoms with Crippen molar-refractivity contribution in [3.63, 3.8) is 0 Å². The third-order valence-corrected chi connectivity index (χ3v) is 7.53. The van der Waals surface area contributed by atoms with Gasteiger partial charge < -0.3 is 18.9 Å². The molecule has 3 rings (SSSR count). The van der Waals surface area contributed by atoms with Gasteiger partial charge in [0.05, 0.1) is 30.8 Å². The highest BCUT2D eigenvalue weighted by molar-refractivity contribution is 6.69. The lowest BCUT2D eigenvalue weighted by molar-refractivity contribution is -0.152. The molecular weight excluding hydrogens is 481 g/mol. The maximum atomic E-state index is 13.2. The Kier molecular flexibility index (Phi) is 8.54. The molecule has 0 bridgehead atoms. The van der Waals surface area contributed by atoms with E-state index in [4.69, 9.17) is 37.1 Å². The molecule has 9 heteroatoms. The van der Waals surface area contributed by atoms with Gasteiger partial charge >= 0.3 is 11.9 Å². The van der Waals surface area contributed by atoms with E-state index in [9.17, 15) is 9.59 Å². The molecule has 33 heavy (non-hydrogen) atoms. The number of hydrogen-bond acceptors (Lipinski definition) is 5. The van der Waals surface area contributed by atoms with Crippen LogP contribution in [0.3, 0.4) is 0 Å². The van der Waals surface area contributed by atoms with Crippen molar-refractivity contribution in [1.82, 2.24) is 4.98 Å². The van der Waals surface area contributed by atoms with Gasteiger partial charge in [0, 0.05) is 21.5 Å². The fourth-order valence-electron chi connectivity index (χ4n) is 4.81. The largest absolute Gasteiger partial charge is 0.469 e. The molecule has 1 fully saturated rings. The average Bonchev–Trinajstić information content (AvgIpc) is 3.13. The van der Waals surface area contributed by atoms with E-state index in [0.29, 0.717) is 26.5 Å². The molecule has 1 N–H and O–H groups in total. The van der Waals surface area contributed by atoms with Gasteiger partial charge in [0.25, 0.3) is 0 Å². The zero-order valence-electron chi connectivity index (χ0n) is 19.9. The van der Waals surface area contributed by atoms with Gasteiger partial charge in [-0.05, 0) is 57.5 Å². The number of methoxy groups -OCH3 is 1. The molecule has 1 aliphatic carbocycles. The molecule has 0 radical (unpaired) electrons. The van der Waals surface area contributed by atoms with Crippen LogP contribution in [0.5, 0.6) is 0 Å². The summed E-state index contributed by atoms with van der Waals surface area (Å²) >= 11 is 12.9. The van der Waals surface area contributed by atoms with Crippen LogP contribution in [-0.4, -0.2) is 39.0 Å². The average molecular weight is 515 g/mol. The van der Waals surface area contributed by atoms with Gasteiger partial charge in [-0.15, -0.1) is 0 Å². The molecule has 0 spiro atoms. The molecule has 6 nitrogen and oxygen atoms in total. The van der Waals surface area contributed by atoms with Gasteiger partial charge in [0.2, 0.25) is 0 Å². The Balaban J connectivity index is 2.30. The second-order valence-corrected chi connectivity index (χ2v) is 14.8. The highest BCUT2D eigenvalue weighted by Gasteiger charge is 2.43. The number of esters is 2. The van der Waals surface area contributed by atoms with Crippen molar-refractivity contribution in [1.29, 1.82) is 0 Å². The fourth-order valence-corrected chi connectivity index (χ4v) is 6.43. The highest BCUT2D eigenvalue weighted by atomic mass is 35.5. The van der Waals surface area contributed by atoms with E-state index >= 15 is 0 Å². The monoisotopic (exact) mass is 513 g/mol. The van der Waals surface area contributed by atoms with Crippen LogP contribution in [-0.2, 0) is 18.7 Å². The Morgan fingerprint density at radius 2 is 1.82 bits per heavy atom. The molecule has 0 amide bonds. The molecule has 0 saturated heterocycles. The standard InChI is InChI=1S/C24H33Cl2NO5Si/c1-6-31-24(29)21-20(19-16(26)12-15(25)13-17(19)27-21)22(32-33(3,4)5)18(23(28)30-2)14-10-8-7-9-11-14/h12-14,18,22,27H,6-11H2,1-5H3. The van der Waals surface area contributed by atoms with Crippen LogP contribution in [0.15, 0.2) is 12.1 Å². The summed E-state index contributed by atoms with van der Waals surface area (Å²) in [4.78, 5) is 29.4. The van der Waals surface area contributed by atoms with Crippen molar-refractivity contribution in [2.75, 3.05) is 13.7 Å². The molecule has 2 unspecified atom stereocenters. The minimum atomic E-state index is -2.20. The zero-order valence-corrected chi connectivity index (χ0v) is 22.4. The van der Waals surface area contributed by atoms with Gasteiger partial charge in [-0.1, -0.05) is 42.5 Å². The summed E-state index contributed by atoms with van der Waals surface area (Å²) in [5.74, 6) is -1.34. The van der Waals surface area contributed by atoms with Crippen molar-refractivity contribution < 1.29 is 23.5 Å². The Bertz CT molecular complexity index is 1010. The number of carbonyl (C=O) groups excluding carboxylic acids is 2. The third kappa shape index (κ3) is 5.94. The zero-order chi connectivity index (χ0) is 24.3. The minimum Gasteiger partial charge on any atom is -0.469 e. The Morgan fingerprint density at radius 1 is 1.15 bits per heavy atom. The highest BCUT2D eigenvalue weighted by Crippen LogP contribution is 2.46. The molecular formula is C24H33Cl2NO5Si. The molecule has 1 aromatic carbocycles. The van der Waals surface area contributed by atoms with E-state index in [1.165, 1.54) is 7.11 Å². The van der Waals surface area contributed by atoms with Gasteiger partial charge in [0.15, 0.2) is 8.32 Å². The summed E-state index contributed by atoms with van der Waals surface area (Å²) in [6.07, 6.45) is 4.35. The predicted molar refractivity (Wildman–Crippen MR) is 134 cm³/mol. The molecule has 1 saturated carbocycles. The van der Waals surface area contributed by atoms with Crippen molar-refractivity contribution in [3.8, 4) is 0 Å². The van der Waals surface area contributed by atoms with Crippen molar-refractivity contribution >= 4 is 54.4 Å². The van der Waals surface area contributed by atoms with E-state index in [-0.39, 0.29) is 24.2 Å². The molecule has 1 heterocycles. The van der Waals surface area contributed by atoms with E-state index in [0.717, 1.165) is 32.1 Å². The fraction of sp³-hybridized carbons (Fsp3) is 0.583. The van der Waals surface area contributed by atoms with Crippen LogP contribution >= 0.6 is 23.2 Å². The molecule has 1 aliphatic rings. The molecule has 2 aromatic rings. The number of nitrogens with one attached hydrogen (secondary N) is 1. The lowest BCUT2D eigenvalue weighted by atomic mass is 9.75. The second kappa shape index (κ2) is 10.8. The van der Waals surface area contributed by atoms with Crippen LogP contribution in [0, 0.1) is 11.8 Å². The van der Waals surface area contributed by atoms with Crippen molar-refractivity contribution in [2.24, 2.45) is 11.8 Å². The van der Waals surface area contributed by atoms with Crippen LogP contribution in [0.2, 0.25) is 29.7 Å². The van der Waals surface area contributed by atoms with E-state index in [1.807, 2.05) is 0 Å². The number of H-pyrrole nitrogens is 1. The van der Waals surface area contributed by atoms with Crippen LogP contribution in [0.4, 0.5) is 0 Å². The van der Waals surface area contributed by atoms with E-state index < -0.39 is 26.3 Å². The van der Waals surface area contributed by atoms with E-state index in [2.05, 4.69) is 24.6 Å². The third-order valence-electron chi connectivity index (χ3n) is 6.06. The molecule has 2 atom stereocenters. The number of fused-ring (bicyclic) bond motifs is 1. The summed E-state index contributed by atoms with van der Waals surface area (Å²) in [6, 6.07) is 3.35. The normalized spacial score (nSPS) is 17.1. The smallest absolute Gasteiger partial charge is 0.355 e. The first kappa shape index (κ1) is 26.1.